The number of ether oxygens (including phenoxy) is 2. The van der Waals surface area contributed by atoms with Gasteiger partial charge in [-0.15, -0.1) is 0 Å². The SMILES string of the molecule is Cc1ccc(S(=O)(=O)N2CCCN(C(=O)/C=C/c3ccc4c(c3)OCO4)CC2)cc1. The molecule has 0 radical (unpaired) electrons. The van der Waals surface area contributed by atoms with E-state index in [1.165, 1.54) is 10.4 Å². The summed E-state index contributed by atoms with van der Waals surface area (Å²) in [5.74, 6) is 1.22. The summed E-state index contributed by atoms with van der Waals surface area (Å²) in [7, 11) is -3.56. The normalized spacial score (nSPS) is 17.3. The Bertz CT molecular complexity index is 1060. The molecule has 1 fully saturated rings. The fourth-order valence-electron chi connectivity index (χ4n) is 3.50. The van der Waals surface area contributed by atoms with Crippen LogP contribution in [0.3, 0.4) is 0 Å². The fraction of sp³-hybridized carbons (Fsp3) is 0.318. The van der Waals surface area contributed by atoms with E-state index in [-0.39, 0.29) is 24.1 Å². The highest BCUT2D eigenvalue weighted by Crippen LogP contribution is 2.32. The molecule has 2 aliphatic heterocycles. The van der Waals surface area contributed by atoms with Crippen molar-refractivity contribution in [1.29, 1.82) is 0 Å². The predicted molar refractivity (Wildman–Crippen MR) is 113 cm³/mol. The van der Waals surface area contributed by atoms with Gasteiger partial charge in [0.05, 0.1) is 4.90 Å². The van der Waals surface area contributed by atoms with Crippen LogP contribution in [0, 0.1) is 6.92 Å². The number of sulfonamides is 1. The number of hydrogen-bond donors (Lipinski definition) is 0. The molecule has 0 bridgehead atoms. The van der Waals surface area contributed by atoms with Crippen molar-refractivity contribution >= 4 is 22.0 Å². The Morgan fingerprint density at radius 2 is 1.73 bits per heavy atom. The van der Waals surface area contributed by atoms with E-state index < -0.39 is 10.0 Å². The van der Waals surface area contributed by atoms with E-state index in [4.69, 9.17) is 9.47 Å². The fourth-order valence-corrected chi connectivity index (χ4v) is 4.97. The number of hydrogen-bond acceptors (Lipinski definition) is 5. The molecule has 30 heavy (non-hydrogen) atoms. The number of fused-ring (bicyclic) bond motifs is 1. The molecule has 2 aromatic carbocycles. The van der Waals surface area contributed by atoms with Gasteiger partial charge in [0.25, 0.3) is 0 Å². The quantitative estimate of drug-likeness (QED) is 0.700. The van der Waals surface area contributed by atoms with Gasteiger partial charge in [0.2, 0.25) is 22.7 Å². The first kappa shape index (κ1) is 20.4. The molecule has 0 unspecified atom stereocenters. The van der Waals surface area contributed by atoms with Crippen molar-refractivity contribution in [3.8, 4) is 11.5 Å². The van der Waals surface area contributed by atoms with Gasteiger partial charge in [-0.1, -0.05) is 23.8 Å². The van der Waals surface area contributed by atoms with E-state index in [2.05, 4.69) is 0 Å². The van der Waals surface area contributed by atoms with Gasteiger partial charge in [0.15, 0.2) is 11.5 Å². The lowest BCUT2D eigenvalue weighted by Gasteiger charge is -2.21. The Balaban J connectivity index is 1.40. The van der Waals surface area contributed by atoms with Crippen molar-refractivity contribution in [2.45, 2.75) is 18.2 Å². The van der Waals surface area contributed by atoms with Gasteiger partial charge in [0, 0.05) is 32.3 Å². The van der Waals surface area contributed by atoms with Gasteiger partial charge in [-0.25, -0.2) is 8.42 Å². The number of benzene rings is 2. The van der Waals surface area contributed by atoms with E-state index in [0.717, 1.165) is 11.1 Å². The lowest BCUT2D eigenvalue weighted by Crippen LogP contribution is -2.36. The van der Waals surface area contributed by atoms with Crippen LogP contribution in [0.1, 0.15) is 17.5 Å². The maximum Gasteiger partial charge on any atom is 0.246 e. The minimum atomic E-state index is -3.56. The van der Waals surface area contributed by atoms with Crippen LogP contribution in [0.5, 0.6) is 11.5 Å². The smallest absolute Gasteiger partial charge is 0.246 e. The molecule has 0 atom stereocenters. The summed E-state index contributed by atoms with van der Waals surface area (Å²) in [6, 6.07) is 12.3. The van der Waals surface area contributed by atoms with Crippen LogP contribution in [0.15, 0.2) is 53.4 Å². The Morgan fingerprint density at radius 3 is 2.53 bits per heavy atom. The number of carbonyl (C=O) groups excluding carboxylic acids is 1. The van der Waals surface area contributed by atoms with E-state index in [1.54, 1.807) is 35.2 Å². The minimum Gasteiger partial charge on any atom is -0.454 e. The molecular weight excluding hydrogens is 404 g/mol. The highest BCUT2D eigenvalue weighted by atomic mass is 32.2. The lowest BCUT2D eigenvalue weighted by atomic mass is 10.2. The summed E-state index contributed by atoms with van der Waals surface area (Å²) in [5, 5.41) is 0. The van der Waals surface area contributed by atoms with Crippen LogP contribution in [-0.4, -0.2) is 56.5 Å². The number of amides is 1. The molecule has 2 aromatic rings. The van der Waals surface area contributed by atoms with Crippen molar-refractivity contribution in [3.05, 3.63) is 59.7 Å². The van der Waals surface area contributed by atoms with Gasteiger partial charge in [0.1, 0.15) is 0 Å². The zero-order valence-corrected chi connectivity index (χ0v) is 17.6. The van der Waals surface area contributed by atoms with Gasteiger partial charge in [-0.3, -0.25) is 4.79 Å². The monoisotopic (exact) mass is 428 g/mol. The van der Waals surface area contributed by atoms with Crippen molar-refractivity contribution < 1.29 is 22.7 Å². The molecule has 7 nitrogen and oxygen atoms in total. The molecule has 1 saturated heterocycles. The first-order chi connectivity index (χ1) is 14.4. The predicted octanol–water partition coefficient (Wildman–Crippen LogP) is 2.66. The average molecular weight is 429 g/mol. The topological polar surface area (TPSA) is 76.2 Å². The largest absolute Gasteiger partial charge is 0.454 e. The second-order valence-electron chi connectivity index (χ2n) is 7.34. The standard InChI is InChI=1S/C22H24N2O5S/c1-17-3-7-19(8-4-17)30(26,27)24-12-2-11-23(13-14-24)22(25)10-6-18-5-9-20-21(15-18)29-16-28-20/h3-10,15H,2,11-14,16H2,1H3/b10-6+. The van der Waals surface area contributed by atoms with Gasteiger partial charge in [-0.2, -0.15) is 4.31 Å². The van der Waals surface area contributed by atoms with E-state index >= 15 is 0 Å². The molecule has 0 aromatic heterocycles. The summed E-state index contributed by atoms with van der Waals surface area (Å²) >= 11 is 0. The van der Waals surface area contributed by atoms with Gasteiger partial charge < -0.3 is 14.4 Å². The Morgan fingerprint density at radius 1 is 0.967 bits per heavy atom. The third-order valence-electron chi connectivity index (χ3n) is 5.24. The van der Waals surface area contributed by atoms with E-state index in [0.29, 0.717) is 37.6 Å². The van der Waals surface area contributed by atoms with Crippen LogP contribution in [-0.2, 0) is 14.8 Å². The molecule has 0 saturated carbocycles. The highest BCUT2D eigenvalue weighted by Gasteiger charge is 2.27. The zero-order valence-electron chi connectivity index (χ0n) is 16.8. The number of carbonyl (C=O) groups is 1. The molecule has 158 valence electrons. The molecule has 1 amide bonds. The van der Waals surface area contributed by atoms with Gasteiger partial charge in [-0.05, 0) is 49.2 Å². The van der Waals surface area contributed by atoms with Crippen molar-refractivity contribution in [3.63, 3.8) is 0 Å². The zero-order chi connectivity index (χ0) is 21.1. The molecular formula is C22H24N2O5S. The van der Waals surface area contributed by atoms with Crippen LogP contribution in [0.4, 0.5) is 0 Å². The molecule has 0 spiro atoms. The summed E-state index contributed by atoms with van der Waals surface area (Å²) in [5.41, 5.74) is 1.85. The summed E-state index contributed by atoms with van der Waals surface area (Å²) in [6.45, 7) is 3.67. The minimum absolute atomic E-state index is 0.137. The second-order valence-corrected chi connectivity index (χ2v) is 9.28. The Kier molecular flexibility index (Phi) is 5.78. The first-order valence-corrected chi connectivity index (χ1v) is 11.3. The average Bonchev–Trinajstić information content (AvgIpc) is 3.05. The maximum atomic E-state index is 12.9. The van der Waals surface area contributed by atoms with E-state index in [1.807, 2.05) is 25.1 Å². The second kappa shape index (κ2) is 8.49. The molecule has 2 aliphatic rings. The highest BCUT2D eigenvalue weighted by molar-refractivity contribution is 7.89. The summed E-state index contributed by atoms with van der Waals surface area (Å²) in [4.78, 5) is 14.6. The third kappa shape index (κ3) is 4.34. The lowest BCUT2D eigenvalue weighted by molar-refractivity contribution is -0.125. The molecule has 8 heteroatoms. The van der Waals surface area contributed by atoms with Crippen LogP contribution >= 0.6 is 0 Å². The van der Waals surface area contributed by atoms with Crippen molar-refractivity contribution in [1.82, 2.24) is 9.21 Å². The Hall–Kier alpha value is -2.84. The molecule has 2 heterocycles. The third-order valence-corrected chi connectivity index (χ3v) is 7.15. The molecule has 0 N–H and O–H groups in total. The van der Waals surface area contributed by atoms with Crippen LogP contribution < -0.4 is 9.47 Å². The Labute approximate surface area is 176 Å². The van der Waals surface area contributed by atoms with E-state index in [9.17, 15) is 13.2 Å². The number of rotatable bonds is 4. The van der Waals surface area contributed by atoms with Crippen LogP contribution in [0.2, 0.25) is 0 Å². The molecule has 4 rings (SSSR count). The summed E-state index contributed by atoms with van der Waals surface area (Å²) < 4.78 is 37.9. The van der Waals surface area contributed by atoms with Crippen LogP contribution in [0.25, 0.3) is 6.08 Å². The van der Waals surface area contributed by atoms with Gasteiger partial charge >= 0.3 is 0 Å². The maximum absolute atomic E-state index is 12.9. The summed E-state index contributed by atoms with van der Waals surface area (Å²) in [6.07, 6.45) is 3.84. The number of aryl methyl sites for hydroxylation is 1. The first-order valence-electron chi connectivity index (χ1n) is 9.87. The number of nitrogens with zero attached hydrogens (tertiary/aromatic N) is 2. The van der Waals surface area contributed by atoms with Crippen molar-refractivity contribution in [2.24, 2.45) is 0 Å². The molecule has 0 aliphatic carbocycles. The van der Waals surface area contributed by atoms with Crippen molar-refractivity contribution in [2.75, 3.05) is 33.0 Å².